The lowest BCUT2D eigenvalue weighted by molar-refractivity contribution is -0.140. The molecule has 0 aliphatic carbocycles. The van der Waals surface area contributed by atoms with Crippen LogP contribution in [0.15, 0.2) is 63.6 Å². The third kappa shape index (κ3) is 4.68. The van der Waals surface area contributed by atoms with Gasteiger partial charge in [-0.2, -0.15) is 0 Å². The van der Waals surface area contributed by atoms with Gasteiger partial charge in [-0.05, 0) is 61.1 Å². The monoisotopic (exact) mass is 517 g/mol. The highest BCUT2D eigenvalue weighted by atomic mass is 79.9. The summed E-state index contributed by atoms with van der Waals surface area (Å²) in [6.07, 6.45) is 2.57. The number of furan rings is 1. The van der Waals surface area contributed by atoms with E-state index >= 15 is 0 Å². The summed E-state index contributed by atoms with van der Waals surface area (Å²) in [6.45, 7) is 0.525. The van der Waals surface area contributed by atoms with Gasteiger partial charge in [-0.1, -0.05) is 22.0 Å². The minimum absolute atomic E-state index is 0.254. The van der Waals surface area contributed by atoms with Gasteiger partial charge in [0.1, 0.15) is 23.4 Å². The molecule has 2 aromatic heterocycles. The van der Waals surface area contributed by atoms with Gasteiger partial charge in [0.05, 0.1) is 24.4 Å². The molecule has 3 aromatic rings. The van der Waals surface area contributed by atoms with Gasteiger partial charge in [-0.3, -0.25) is 9.78 Å². The van der Waals surface area contributed by atoms with E-state index in [1.807, 2.05) is 29.2 Å². The second-order valence-corrected chi connectivity index (χ2v) is 8.63. The SMILES string of the molecule is COC(=O)CCCN1C(=S)N[C@@H](c2ccccn2)[C@@H]1c1ccc(-c2ccc(Br)cc2F)o1. The number of carbonyl (C=O) groups is 1. The Labute approximate surface area is 198 Å². The number of halogens is 2. The molecule has 0 saturated carbocycles. The van der Waals surface area contributed by atoms with Crippen molar-refractivity contribution in [2.45, 2.75) is 24.9 Å². The number of benzene rings is 1. The molecule has 32 heavy (non-hydrogen) atoms. The zero-order valence-electron chi connectivity index (χ0n) is 17.3. The van der Waals surface area contributed by atoms with Crippen LogP contribution in [0.25, 0.3) is 11.3 Å². The molecule has 166 valence electrons. The topological polar surface area (TPSA) is 67.6 Å². The maximum atomic E-state index is 14.5. The second-order valence-electron chi connectivity index (χ2n) is 7.33. The number of nitrogens with one attached hydrogen (secondary N) is 1. The largest absolute Gasteiger partial charge is 0.469 e. The van der Waals surface area contributed by atoms with E-state index in [0.717, 1.165) is 5.69 Å². The molecule has 2 atom stereocenters. The number of esters is 1. The predicted molar refractivity (Wildman–Crippen MR) is 125 cm³/mol. The number of nitrogens with zero attached hydrogens (tertiary/aromatic N) is 2. The lowest BCUT2D eigenvalue weighted by Crippen LogP contribution is -2.30. The van der Waals surface area contributed by atoms with Crippen LogP contribution in [-0.4, -0.2) is 34.6 Å². The molecule has 4 rings (SSSR count). The maximum Gasteiger partial charge on any atom is 0.305 e. The third-order valence-electron chi connectivity index (χ3n) is 5.32. The second kappa shape index (κ2) is 9.79. The van der Waals surface area contributed by atoms with E-state index in [-0.39, 0.29) is 30.3 Å². The van der Waals surface area contributed by atoms with Crippen LogP contribution in [0, 0.1) is 5.82 Å². The van der Waals surface area contributed by atoms with E-state index in [1.165, 1.54) is 13.2 Å². The lowest BCUT2D eigenvalue weighted by Gasteiger charge is -2.25. The summed E-state index contributed by atoms with van der Waals surface area (Å²) in [6, 6.07) is 13.6. The van der Waals surface area contributed by atoms with Gasteiger partial charge in [-0.15, -0.1) is 0 Å². The molecule has 1 saturated heterocycles. The summed E-state index contributed by atoms with van der Waals surface area (Å²) < 4.78 is 26.0. The maximum absolute atomic E-state index is 14.5. The van der Waals surface area contributed by atoms with Crippen LogP contribution in [0.1, 0.15) is 36.4 Å². The quantitative estimate of drug-likeness (QED) is 0.342. The molecule has 0 bridgehead atoms. The summed E-state index contributed by atoms with van der Waals surface area (Å²) in [5, 5.41) is 3.87. The molecule has 3 heterocycles. The summed E-state index contributed by atoms with van der Waals surface area (Å²) in [4.78, 5) is 18.0. The molecular formula is C23H21BrFN3O3S. The van der Waals surface area contributed by atoms with E-state index < -0.39 is 0 Å². The van der Waals surface area contributed by atoms with Crippen LogP contribution in [-0.2, 0) is 9.53 Å². The van der Waals surface area contributed by atoms with E-state index in [2.05, 4.69) is 26.2 Å². The molecular weight excluding hydrogens is 497 g/mol. The first-order valence-electron chi connectivity index (χ1n) is 10.1. The highest BCUT2D eigenvalue weighted by Gasteiger charge is 2.41. The molecule has 0 amide bonds. The standard InChI is InChI=1S/C23H21BrFN3O3S/c1-30-20(29)6-4-12-28-22(21(27-23(28)32)17-5-2-3-11-26-17)19-10-9-18(31-19)15-8-7-14(24)13-16(15)25/h2-3,5,7-11,13,21-22H,4,6,12H2,1H3,(H,27,32)/t21-,22-/m0/s1. The number of pyridine rings is 1. The van der Waals surface area contributed by atoms with Crippen LogP contribution in [0.3, 0.4) is 0 Å². The Morgan fingerprint density at radius 1 is 1.31 bits per heavy atom. The number of hydrogen-bond donors (Lipinski definition) is 1. The molecule has 9 heteroatoms. The average molecular weight is 518 g/mol. The number of thiocarbonyl (C=S) groups is 1. The van der Waals surface area contributed by atoms with E-state index in [1.54, 1.807) is 24.4 Å². The van der Waals surface area contributed by atoms with Gasteiger partial charge >= 0.3 is 5.97 Å². The zero-order valence-corrected chi connectivity index (χ0v) is 19.7. The van der Waals surface area contributed by atoms with Crippen molar-refractivity contribution in [2.24, 2.45) is 0 Å². The molecule has 1 aliphatic rings. The van der Waals surface area contributed by atoms with Crippen molar-refractivity contribution in [1.82, 2.24) is 15.2 Å². The molecule has 0 radical (unpaired) electrons. The first kappa shape index (κ1) is 22.4. The first-order valence-corrected chi connectivity index (χ1v) is 11.3. The lowest BCUT2D eigenvalue weighted by atomic mass is 10.0. The zero-order chi connectivity index (χ0) is 22.7. The average Bonchev–Trinajstić information content (AvgIpc) is 3.39. The Balaban J connectivity index is 1.66. The van der Waals surface area contributed by atoms with Crippen molar-refractivity contribution in [3.8, 4) is 11.3 Å². The Hall–Kier alpha value is -2.78. The number of ether oxygens (including phenoxy) is 1. The Kier molecular flexibility index (Phi) is 6.86. The molecule has 1 fully saturated rings. The Morgan fingerprint density at radius 3 is 2.88 bits per heavy atom. The normalized spacial score (nSPS) is 18.0. The minimum Gasteiger partial charge on any atom is -0.469 e. The van der Waals surface area contributed by atoms with Crippen LogP contribution in [0.4, 0.5) is 4.39 Å². The highest BCUT2D eigenvalue weighted by molar-refractivity contribution is 9.10. The fraction of sp³-hybridized carbons (Fsp3) is 0.261. The number of hydrogen-bond acceptors (Lipinski definition) is 5. The number of aromatic nitrogens is 1. The number of rotatable bonds is 7. The highest BCUT2D eigenvalue weighted by Crippen LogP contribution is 2.41. The van der Waals surface area contributed by atoms with Crippen molar-refractivity contribution < 1.29 is 18.3 Å². The molecule has 1 N–H and O–H groups in total. The van der Waals surface area contributed by atoms with Crippen LogP contribution >= 0.6 is 28.1 Å². The Bertz CT molecular complexity index is 1120. The summed E-state index contributed by atoms with van der Waals surface area (Å²) in [7, 11) is 1.37. The number of methoxy groups -OCH3 is 1. The van der Waals surface area contributed by atoms with Gasteiger partial charge in [0.25, 0.3) is 0 Å². The first-order chi connectivity index (χ1) is 15.5. The van der Waals surface area contributed by atoms with Gasteiger partial charge in [-0.25, -0.2) is 4.39 Å². The van der Waals surface area contributed by atoms with Crippen molar-refractivity contribution in [3.05, 3.63) is 76.5 Å². The molecule has 0 spiro atoms. The van der Waals surface area contributed by atoms with E-state index in [0.29, 0.717) is 39.6 Å². The number of carbonyl (C=O) groups excluding carboxylic acids is 1. The van der Waals surface area contributed by atoms with Gasteiger partial charge in [0.15, 0.2) is 5.11 Å². The van der Waals surface area contributed by atoms with Crippen LogP contribution in [0.5, 0.6) is 0 Å². The molecule has 1 aromatic carbocycles. The van der Waals surface area contributed by atoms with Crippen molar-refractivity contribution in [3.63, 3.8) is 0 Å². The summed E-state index contributed by atoms with van der Waals surface area (Å²) in [5.41, 5.74) is 1.18. The van der Waals surface area contributed by atoms with E-state index in [4.69, 9.17) is 21.4 Å². The van der Waals surface area contributed by atoms with Gasteiger partial charge < -0.3 is 19.4 Å². The molecule has 1 aliphatic heterocycles. The summed E-state index contributed by atoms with van der Waals surface area (Å²) in [5.74, 6) is 0.406. The summed E-state index contributed by atoms with van der Waals surface area (Å²) >= 11 is 8.88. The smallest absolute Gasteiger partial charge is 0.305 e. The fourth-order valence-corrected chi connectivity index (χ4v) is 4.46. The molecule has 6 nitrogen and oxygen atoms in total. The minimum atomic E-state index is -0.378. The van der Waals surface area contributed by atoms with Gasteiger partial charge in [0, 0.05) is 23.6 Å². The Morgan fingerprint density at radius 2 is 2.16 bits per heavy atom. The van der Waals surface area contributed by atoms with Gasteiger partial charge in [0.2, 0.25) is 0 Å². The predicted octanol–water partition coefficient (Wildman–Crippen LogP) is 5.17. The molecule has 0 unspecified atom stereocenters. The van der Waals surface area contributed by atoms with Crippen molar-refractivity contribution in [2.75, 3.05) is 13.7 Å². The van der Waals surface area contributed by atoms with Crippen LogP contribution in [0.2, 0.25) is 0 Å². The van der Waals surface area contributed by atoms with Crippen LogP contribution < -0.4 is 5.32 Å². The fourth-order valence-electron chi connectivity index (χ4n) is 3.80. The third-order valence-corrected chi connectivity index (χ3v) is 6.17. The van der Waals surface area contributed by atoms with Crippen molar-refractivity contribution >= 4 is 39.2 Å². The van der Waals surface area contributed by atoms with E-state index in [9.17, 15) is 9.18 Å². The van der Waals surface area contributed by atoms with Crippen molar-refractivity contribution in [1.29, 1.82) is 0 Å².